The Hall–Kier alpha value is -1.86. The van der Waals surface area contributed by atoms with Crippen LogP contribution in [0.2, 0.25) is 0 Å². The zero-order chi connectivity index (χ0) is 13.7. The predicted molar refractivity (Wildman–Crippen MR) is 66.4 cm³/mol. The summed E-state index contributed by atoms with van der Waals surface area (Å²) in [6.45, 7) is 0.744. The molecule has 0 saturated carbocycles. The molecule has 0 spiro atoms. The van der Waals surface area contributed by atoms with E-state index in [4.69, 9.17) is 15.2 Å². The molecule has 0 aromatic carbocycles. The van der Waals surface area contributed by atoms with Crippen LogP contribution in [0, 0.1) is 0 Å². The monoisotopic (exact) mass is 267 g/mol. The quantitative estimate of drug-likeness (QED) is 0.662. The van der Waals surface area contributed by atoms with E-state index in [0.29, 0.717) is 25.3 Å². The highest BCUT2D eigenvalue weighted by atomic mass is 16.5. The summed E-state index contributed by atoms with van der Waals surface area (Å²) in [5.74, 6) is -0.755. The Labute approximate surface area is 110 Å². The molecule has 2 heterocycles. The molecule has 1 aromatic rings. The molecule has 2 atom stereocenters. The van der Waals surface area contributed by atoms with Crippen molar-refractivity contribution in [1.82, 2.24) is 10.3 Å². The van der Waals surface area contributed by atoms with Gasteiger partial charge in [-0.1, -0.05) is 0 Å². The molecule has 1 saturated heterocycles. The first kappa shape index (κ1) is 13.6. The Morgan fingerprint density at radius 3 is 3.11 bits per heavy atom. The first-order chi connectivity index (χ1) is 9.16. The fraction of sp³-hybridized carbons (Fsp3) is 0.500. The predicted octanol–water partition coefficient (Wildman–Crippen LogP) is -0.596. The van der Waals surface area contributed by atoms with Gasteiger partial charge in [0.25, 0.3) is 5.91 Å². The number of nitrogens with one attached hydrogen (secondary N) is 2. The lowest BCUT2D eigenvalue weighted by Crippen LogP contribution is -2.51. The van der Waals surface area contributed by atoms with Gasteiger partial charge in [-0.15, -0.1) is 0 Å². The van der Waals surface area contributed by atoms with Crippen molar-refractivity contribution in [1.29, 1.82) is 0 Å². The minimum Gasteiger partial charge on any atom is -0.379 e. The first-order valence-electron chi connectivity index (χ1n) is 6.08. The molecule has 0 bridgehead atoms. The van der Waals surface area contributed by atoms with E-state index in [1.54, 1.807) is 18.3 Å². The number of rotatable bonds is 5. The number of hydrogen-bond donors (Lipinski definition) is 3. The lowest BCUT2D eigenvalue weighted by molar-refractivity contribution is -0.128. The zero-order valence-electron chi connectivity index (χ0n) is 10.4. The van der Waals surface area contributed by atoms with E-state index < -0.39 is 5.91 Å². The Balaban J connectivity index is 1.91. The Morgan fingerprint density at radius 1 is 1.58 bits per heavy atom. The van der Waals surface area contributed by atoms with Gasteiger partial charge in [0.05, 0.1) is 18.8 Å². The van der Waals surface area contributed by atoms with E-state index in [-0.39, 0.29) is 24.7 Å². The number of carbonyl (C=O) groups excluding carboxylic acids is 2. The standard InChI is InChI=1S/C12H17N3O4/c13-11(16)7-19-10-3-5-18-6-9(10)15-12(17)8-2-1-4-14-8/h1-2,4,9-10,14H,3,5-7H2,(H2,13,16)(H,15,17)/t9-,10+/m0/s1. The van der Waals surface area contributed by atoms with Gasteiger partial charge in [0, 0.05) is 12.8 Å². The maximum atomic E-state index is 11.9. The van der Waals surface area contributed by atoms with Crippen molar-refractivity contribution in [3.05, 3.63) is 24.0 Å². The second-order valence-electron chi connectivity index (χ2n) is 4.34. The maximum absolute atomic E-state index is 11.9. The van der Waals surface area contributed by atoms with E-state index in [9.17, 15) is 9.59 Å². The molecule has 0 unspecified atom stereocenters. The number of amides is 2. The Kier molecular flexibility index (Phi) is 4.53. The average molecular weight is 267 g/mol. The highest BCUT2D eigenvalue weighted by Gasteiger charge is 2.28. The molecule has 1 aliphatic rings. The van der Waals surface area contributed by atoms with E-state index in [2.05, 4.69) is 10.3 Å². The lowest BCUT2D eigenvalue weighted by Gasteiger charge is -2.31. The third-order valence-electron chi connectivity index (χ3n) is 2.89. The molecule has 1 aromatic heterocycles. The summed E-state index contributed by atoms with van der Waals surface area (Å²) in [6, 6.07) is 3.13. The van der Waals surface area contributed by atoms with Crippen LogP contribution >= 0.6 is 0 Å². The minimum atomic E-state index is -0.527. The normalized spacial score (nSPS) is 22.9. The second kappa shape index (κ2) is 6.35. The van der Waals surface area contributed by atoms with Gasteiger partial charge in [-0.05, 0) is 18.6 Å². The number of primary amides is 1. The third-order valence-corrected chi connectivity index (χ3v) is 2.89. The van der Waals surface area contributed by atoms with Crippen molar-refractivity contribution in [2.24, 2.45) is 5.73 Å². The van der Waals surface area contributed by atoms with Crippen LogP contribution in [0.25, 0.3) is 0 Å². The van der Waals surface area contributed by atoms with Gasteiger partial charge >= 0.3 is 0 Å². The highest BCUT2D eigenvalue weighted by molar-refractivity contribution is 5.92. The number of aromatic amines is 1. The largest absolute Gasteiger partial charge is 0.379 e. The van der Waals surface area contributed by atoms with Gasteiger partial charge < -0.3 is 25.5 Å². The molecule has 1 aliphatic heterocycles. The van der Waals surface area contributed by atoms with Crippen molar-refractivity contribution in [3.8, 4) is 0 Å². The van der Waals surface area contributed by atoms with Gasteiger partial charge in [0.1, 0.15) is 12.3 Å². The number of aromatic nitrogens is 1. The lowest BCUT2D eigenvalue weighted by atomic mass is 10.1. The minimum absolute atomic E-state index is 0.153. The number of hydrogen-bond acceptors (Lipinski definition) is 4. The second-order valence-corrected chi connectivity index (χ2v) is 4.34. The SMILES string of the molecule is NC(=O)CO[C@@H]1CCOC[C@@H]1NC(=O)c1ccc[nH]1. The zero-order valence-corrected chi connectivity index (χ0v) is 10.4. The Morgan fingerprint density at radius 2 is 2.42 bits per heavy atom. The molecular formula is C12H17N3O4. The van der Waals surface area contributed by atoms with Crippen molar-refractivity contribution in [3.63, 3.8) is 0 Å². The molecule has 2 rings (SSSR count). The van der Waals surface area contributed by atoms with Crippen molar-refractivity contribution in [2.45, 2.75) is 18.6 Å². The van der Waals surface area contributed by atoms with Gasteiger partial charge in [0.15, 0.2) is 0 Å². The smallest absolute Gasteiger partial charge is 0.268 e. The van der Waals surface area contributed by atoms with E-state index in [1.165, 1.54) is 0 Å². The molecule has 7 heteroatoms. The van der Waals surface area contributed by atoms with Crippen LogP contribution in [0.1, 0.15) is 16.9 Å². The van der Waals surface area contributed by atoms with Gasteiger partial charge in [-0.25, -0.2) is 0 Å². The van der Waals surface area contributed by atoms with Crippen LogP contribution in [-0.4, -0.2) is 48.8 Å². The van der Waals surface area contributed by atoms with Crippen LogP contribution in [0.15, 0.2) is 18.3 Å². The fourth-order valence-electron chi connectivity index (χ4n) is 1.96. The van der Waals surface area contributed by atoms with Crippen molar-refractivity contribution >= 4 is 11.8 Å². The van der Waals surface area contributed by atoms with Crippen LogP contribution < -0.4 is 11.1 Å². The van der Waals surface area contributed by atoms with Crippen molar-refractivity contribution in [2.75, 3.05) is 19.8 Å². The summed E-state index contributed by atoms with van der Waals surface area (Å²) < 4.78 is 10.7. The topological polar surface area (TPSA) is 106 Å². The maximum Gasteiger partial charge on any atom is 0.268 e. The molecule has 19 heavy (non-hydrogen) atoms. The van der Waals surface area contributed by atoms with E-state index in [1.807, 2.05) is 0 Å². The summed E-state index contributed by atoms with van der Waals surface area (Å²) in [7, 11) is 0. The number of H-pyrrole nitrogens is 1. The molecule has 4 N–H and O–H groups in total. The molecule has 0 radical (unpaired) electrons. The van der Waals surface area contributed by atoms with Crippen molar-refractivity contribution < 1.29 is 19.1 Å². The fourth-order valence-corrected chi connectivity index (χ4v) is 1.96. The first-order valence-corrected chi connectivity index (χ1v) is 6.08. The average Bonchev–Trinajstić information content (AvgIpc) is 2.91. The number of nitrogens with two attached hydrogens (primary N) is 1. The highest BCUT2D eigenvalue weighted by Crippen LogP contribution is 2.12. The molecular weight excluding hydrogens is 250 g/mol. The number of ether oxygens (including phenoxy) is 2. The van der Waals surface area contributed by atoms with Crippen LogP contribution in [0.3, 0.4) is 0 Å². The molecule has 7 nitrogen and oxygen atoms in total. The van der Waals surface area contributed by atoms with Crippen LogP contribution in [-0.2, 0) is 14.3 Å². The van der Waals surface area contributed by atoms with Gasteiger partial charge in [-0.2, -0.15) is 0 Å². The third kappa shape index (κ3) is 3.80. The summed E-state index contributed by atoms with van der Waals surface area (Å²) in [5, 5.41) is 2.82. The van der Waals surface area contributed by atoms with Gasteiger partial charge in [0.2, 0.25) is 5.91 Å². The molecule has 1 fully saturated rings. The summed E-state index contributed by atoms with van der Waals surface area (Å²) in [4.78, 5) is 25.5. The number of carbonyl (C=O) groups is 2. The molecule has 104 valence electrons. The van der Waals surface area contributed by atoms with Crippen LogP contribution in [0.5, 0.6) is 0 Å². The summed E-state index contributed by atoms with van der Waals surface area (Å²) in [5.41, 5.74) is 5.52. The van der Waals surface area contributed by atoms with E-state index >= 15 is 0 Å². The molecule has 2 amide bonds. The summed E-state index contributed by atoms with van der Waals surface area (Å²) >= 11 is 0. The van der Waals surface area contributed by atoms with Gasteiger partial charge in [-0.3, -0.25) is 9.59 Å². The Bertz CT molecular complexity index is 432. The van der Waals surface area contributed by atoms with Crippen LogP contribution in [0.4, 0.5) is 0 Å². The molecule has 0 aliphatic carbocycles. The van der Waals surface area contributed by atoms with E-state index in [0.717, 1.165) is 0 Å². The summed E-state index contributed by atoms with van der Waals surface area (Å²) in [6.07, 6.45) is 2.02.